The van der Waals surface area contributed by atoms with E-state index in [1.807, 2.05) is 0 Å². The number of halogens is 4. The normalized spacial score (nSPS) is 13.8. The molecular formula is C14H9BrF3NO3. The van der Waals surface area contributed by atoms with Gasteiger partial charge in [0.15, 0.2) is 11.5 Å². The smallest absolute Gasteiger partial charge is 0.417 e. The summed E-state index contributed by atoms with van der Waals surface area (Å²) in [7, 11) is 0. The molecule has 0 radical (unpaired) electrons. The van der Waals surface area contributed by atoms with Crippen LogP contribution in [0, 0.1) is 0 Å². The first-order valence-corrected chi connectivity index (χ1v) is 7.03. The lowest BCUT2D eigenvalue weighted by Crippen LogP contribution is -2.15. The van der Waals surface area contributed by atoms with Gasteiger partial charge in [0.1, 0.15) is 19.0 Å². The molecule has 0 saturated heterocycles. The molecule has 1 aromatic heterocycles. The van der Waals surface area contributed by atoms with Gasteiger partial charge in [0, 0.05) is 18.3 Å². The number of ether oxygens (including phenoxy) is 3. The Hall–Kier alpha value is -1.96. The average molecular weight is 376 g/mol. The van der Waals surface area contributed by atoms with Crippen molar-refractivity contribution in [2.75, 3.05) is 13.2 Å². The molecule has 116 valence electrons. The minimum absolute atomic E-state index is 0.0524. The summed E-state index contributed by atoms with van der Waals surface area (Å²) in [5, 5.41) is 0. The van der Waals surface area contributed by atoms with Crippen LogP contribution in [0.3, 0.4) is 0 Å². The molecule has 1 aliphatic heterocycles. The van der Waals surface area contributed by atoms with E-state index in [0.717, 1.165) is 18.3 Å². The van der Waals surface area contributed by atoms with Gasteiger partial charge in [0.2, 0.25) is 5.88 Å². The van der Waals surface area contributed by atoms with Gasteiger partial charge in [-0.3, -0.25) is 0 Å². The third-order valence-electron chi connectivity index (χ3n) is 2.86. The number of pyridine rings is 1. The number of alkyl halides is 3. The minimum atomic E-state index is -4.43. The first-order valence-electron chi connectivity index (χ1n) is 6.24. The predicted molar refractivity (Wildman–Crippen MR) is 74.4 cm³/mol. The van der Waals surface area contributed by atoms with Crippen LogP contribution in [0.15, 0.2) is 34.9 Å². The maximum Gasteiger partial charge on any atom is 0.417 e. The minimum Gasteiger partial charge on any atom is -0.486 e. The second kappa shape index (κ2) is 5.68. The summed E-state index contributed by atoms with van der Waals surface area (Å²) in [4.78, 5) is 3.65. The highest BCUT2D eigenvalue weighted by Crippen LogP contribution is 2.41. The van der Waals surface area contributed by atoms with E-state index in [2.05, 4.69) is 20.9 Å². The lowest BCUT2D eigenvalue weighted by atomic mass is 10.2. The molecule has 0 atom stereocenters. The molecule has 22 heavy (non-hydrogen) atoms. The van der Waals surface area contributed by atoms with Crippen LogP contribution in [0.2, 0.25) is 0 Å². The second-order valence-corrected chi connectivity index (χ2v) is 5.27. The Bertz CT molecular complexity index is 689. The molecule has 2 heterocycles. The van der Waals surface area contributed by atoms with Crippen LogP contribution < -0.4 is 14.2 Å². The van der Waals surface area contributed by atoms with Gasteiger partial charge in [-0.05, 0) is 28.1 Å². The maximum absolute atomic E-state index is 12.5. The third-order valence-corrected chi connectivity index (χ3v) is 3.45. The van der Waals surface area contributed by atoms with Crippen molar-refractivity contribution >= 4 is 15.9 Å². The largest absolute Gasteiger partial charge is 0.486 e. The first kappa shape index (κ1) is 15.0. The number of benzene rings is 1. The van der Waals surface area contributed by atoms with Crippen LogP contribution in [-0.2, 0) is 6.18 Å². The fourth-order valence-electron chi connectivity index (χ4n) is 1.88. The first-order chi connectivity index (χ1) is 10.4. The molecule has 4 nitrogen and oxygen atoms in total. The van der Waals surface area contributed by atoms with Gasteiger partial charge in [-0.25, -0.2) is 4.98 Å². The van der Waals surface area contributed by atoms with Gasteiger partial charge in [-0.1, -0.05) is 0 Å². The zero-order valence-corrected chi connectivity index (χ0v) is 12.6. The van der Waals surface area contributed by atoms with Crippen molar-refractivity contribution in [2.24, 2.45) is 0 Å². The molecule has 8 heteroatoms. The van der Waals surface area contributed by atoms with Crippen molar-refractivity contribution in [3.63, 3.8) is 0 Å². The predicted octanol–water partition coefficient (Wildman–Crippen LogP) is 4.43. The molecule has 0 unspecified atom stereocenters. The summed E-state index contributed by atoms with van der Waals surface area (Å²) < 4.78 is 54.4. The van der Waals surface area contributed by atoms with Crippen molar-refractivity contribution in [3.05, 3.63) is 40.5 Å². The van der Waals surface area contributed by atoms with Crippen molar-refractivity contribution in [1.29, 1.82) is 0 Å². The Morgan fingerprint density at radius 1 is 1.14 bits per heavy atom. The van der Waals surface area contributed by atoms with E-state index in [-0.39, 0.29) is 5.88 Å². The Morgan fingerprint density at radius 3 is 2.59 bits per heavy atom. The van der Waals surface area contributed by atoms with Gasteiger partial charge < -0.3 is 14.2 Å². The van der Waals surface area contributed by atoms with Crippen LogP contribution >= 0.6 is 15.9 Å². The van der Waals surface area contributed by atoms with Gasteiger partial charge >= 0.3 is 6.18 Å². The van der Waals surface area contributed by atoms with Crippen molar-refractivity contribution < 1.29 is 27.4 Å². The van der Waals surface area contributed by atoms with Crippen LogP contribution in [-0.4, -0.2) is 18.2 Å². The maximum atomic E-state index is 12.5. The number of hydrogen-bond acceptors (Lipinski definition) is 4. The molecular weight excluding hydrogens is 367 g/mol. The molecule has 0 spiro atoms. The summed E-state index contributed by atoms with van der Waals surface area (Å²) in [5.41, 5.74) is -0.830. The van der Waals surface area contributed by atoms with Crippen LogP contribution in [0.1, 0.15) is 5.56 Å². The van der Waals surface area contributed by atoms with Crippen molar-refractivity contribution in [2.45, 2.75) is 6.18 Å². The summed E-state index contributed by atoms with van der Waals surface area (Å²) in [6, 6.07) is 5.30. The zero-order valence-electron chi connectivity index (χ0n) is 11.0. The molecule has 1 aromatic carbocycles. The van der Waals surface area contributed by atoms with E-state index >= 15 is 0 Å². The van der Waals surface area contributed by atoms with Crippen molar-refractivity contribution in [1.82, 2.24) is 4.98 Å². The van der Waals surface area contributed by atoms with Crippen LogP contribution in [0.4, 0.5) is 13.2 Å². The summed E-state index contributed by atoms with van der Waals surface area (Å²) in [5.74, 6) is 1.50. The number of aromatic nitrogens is 1. The van der Waals surface area contributed by atoms with E-state index in [1.54, 1.807) is 12.1 Å². The summed E-state index contributed by atoms with van der Waals surface area (Å²) in [6.45, 7) is 0.869. The summed E-state index contributed by atoms with van der Waals surface area (Å²) in [6.07, 6.45) is -3.70. The highest BCUT2D eigenvalue weighted by molar-refractivity contribution is 9.10. The Balaban J connectivity index is 1.83. The molecule has 0 amide bonds. The van der Waals surface area contributed by atoms with Gasteiger partial charge in [-0.2, -0.15) is 13.2 Å². The second-order valence-electron chi connectivity index (χ2n) is 4.41. The molecule has 2 aromatic rings. The fraction of sp³-hybridized carbons (Fsp3) is 0.214. The molecule has 0 saturated carbocycles. The van der Waals surface area contributed by atoms with Crippen molar-refractivity contribution in [3.8, 4) is 23.1 Å². The average Bonchev–Trinajstić information content (AvgIpc) is 2.47. The van der Waals surface area contributed by atoms with E-state index in [0.29, 0.717) is 34.9 Å². The van der Waals surface area contributed by atoms with E-state index < -0.39 is 11.7 Å². The number of nitrogens with zero attached hydrogens (tertiary/aromatic N) is 1. The SMILES string of the molecule is FC(F)(F)c1ccc(Oc2cc(Br)c3c(c2)OCCO3)nc1. The molecule has 1 aliphatic rings. The Labute approximate surface area is 132 Å². The fourth-order valence-corrected chi connectivity index (χ4v) is 2.41. The number of hydrogen-bond donors (Lipinski definition) is 0. The molecule has 0 N–H and O–H groups in total. The molecule has 0 fully saturated rings. The monoisotopic (exact) mass is 375 g/mol. The van der Waals surface area contributed by atoms with E-state index in [4.69, 9.17) is 14.2 Å². The number of rotatable bonds is 2. The molecule has 0 bridgehead atoms. The van der Waals surface area contributed by atoms with E-state index in [1.165, 1.54) is 0 Å². The Morgan fingerprint density at radius 2 is 1.91 bits per heavy atom. The molecule has 0 aliphatic carbocycles. The lowest BCUT2D eigenvalue weighted by molar-refractivity contribution is -0.137. The Kier molecular flexibility index (Phi) is 3.86. The van der Waals surface area contributed by atoms with E-state index in [9.17, 15) is 13.2 Å². The third kappa shape index (κ3) is 3.11. The van der Waals surface area contributed by atoms with Gasteiger partial charge in [0.05, 0.1) is 10.0 Å². The lowest BCUT2D eigenvalue weighted by Gasteiger charge is -2.20. The topological polar surface area (TPSA) is 40.6 Å². The number of fused-ring (bicyclic) bond motifs is 1. The highest BCUT2D eigenvalue weighted by atomic mass is 79.9. The van der Waals surface area contributed by atoms with Crippen LogP contribution in [0.25, 0.3) is 0 Å². The van der Waals surface area contributed by atoms with Crippen LogP contribution in [0.5, 0.6) is 23.1 Å². The summed E-state index contributed by atoms with van der Waals surface area (Å²) >= 11 is 3.33. The van der Waals surface area contributed by atoms with Gasteiger partial charge in [-0.15, -0.1) is 0 Å². The molecule has 3 rings (SSSR count). The highest BCUT2D eigenvalue weighted by Gasteiger charge is 2.30. The quantitative estimate of drug-likeness (QED) is 0.778. The zero-order chi connectivity index (χ0) is 15.7. The van der Waals surface area contributed by atoms with Gasteiger partial charge in [0.25, 0.3) is 0 Å². The standard InChI is InChI=1S/C14H9BrF3NO3/c15-10-5-9(6-11-13(10)21-4-3-20-11)22-12-2-1-8(7-19-12)14(16,17)18/h1-2,5-7H,3-4H2.